The molecule has 0 spiro atoms. The summed E-state index contributed by atoms with van der Waals surface area (Å²) < 4.78 is 12.2. The van der Waals surface area contributed by atoms with Gasteiger partial charge in [-0.15, -0.1) is 0 Å². The summed E-state index contributed by atoms with van der Waals surface area (Å²) in [5.74, 6) is 3.06. The molecule has 10 heteroatoms. The Bertz CT molecular complexity index is 715. The second-order valence-electron chi connectivity index (χ2n) is 7.71. The molecule has 1 saturated heterocycles. The van der Waals surface area contributed by atoms with Crippen LogP contribution >= 0.6 is 30.1 Å². The summed E-state index contributed by atoms with van der Waals surface area (Å²) in [5, 5.41) is 5.95. The standard InChI is InChI=1S/C19H28BIN4O3S/c1-18(2)19(3,4)28-20(27-18)16-13-22-8-10-25(11-9-23-15-24-14-16)17(26)7-5-6-12-29-21/h13-15H,5,7-11H2,1-4H3,(H,23,24)/b16-14+,22-13?. The van der Waals surface area contributed by atoms with Gasteiger partial charge in [0.2, 0.25) is 5.91 Å². The molecular formula is C19H28BIN4O3S. The van der Waals surface area contributed by atoms with Crippen LogP contribution in [0.15, 0.2) is 21.7 Å². The van der Waals surface area contributed by atoms with Crippen LogP contribution in [0, 0.1) is 11.2 Å². The van der Waals surface area contributed by atoms with E-state index in [2.05, 4.69) is 47.7 Å². The lowest BCUT2D eigenvalue weighted by Gasteiger charge is -2.32. The van der Waals surface area contributed by atoms with Gasteiger partial charge in [-0.2, -0.15) is 0 Å². The van der Waals surface area contributed by atoms with Gasteiger partial charge in [0.15, 0.2) is 0 Å². The van der Waals surface area contributed by atoms with Crippen LogP contribution in [0.5, 0.6) is 0 Å². The molecule has 1 fully saturated rings. The van der Waals surface area contributed by atoms with Gasteiger partial charge in [-0.1, -0.05) is 5.92 Å². The van der Waals surface area contributed by atoms with Crippen molar-refractivity contribution in [2.24, 2.45) is 9.98 Å². The van der Waals surface area contributed by atoms with Crippen molar-refractivity contribution in [3.8, 4) is 11.2 Å². The fourth-order valence-electron chi connectivity index (χ4n) is 2.69. The van der Waals surface area contributed by atoms with Gasteiger partial charge in [-0.05, 0) is 41.9 Å². The molecule has 0 aromatic rings. The fourth-order valence-corrected chi connectivity index (χ4v) is 3.31. The molecule has 1 amide bonds. The first kappa shape index (κ1) is 24.2. The fraction of sp³-hybridized carbons (Fsp3) is 0.632. The molecule has 2 aliphatic heterocycles. The number of allylic oxidation sites excluding steroid dienone is 1. The molecule has 2 rings (SSSR count). The van der Waals surface area contributed by atoms with Gasteiger partial charge in [0.1, 0.15) is 0 Å². The second kappa shape index (κ2) is 11.4. The average Bonchev–Trinajstić information content (AvgIpc) is 2.86. The molecule has 0 bridgehead atoms. The Morgan fingerprint density at radius 1 is 1.28 bits per heavy atom. The maximum absolute atomic E-state index is 12.5. The number of aliphatic imine (C=N–C) groups is 2. The maximum atomic E-state index is 12.5. The number of halogens is 1. The van der Waals surface area contributed by atoms with Crippen molar-refractivity contribution in [1.82, 2.24) is 10.2 Å². The SMILES string of the molecule is CC1(C)OB(/C2=C/NC=NCCN(C(=O)CCC#CSI)CCN=C2)OC1(C)C. The van der Waals surface area contributed by atoms with Gasteiger partial charge in [-0.3, -0.25) is 14.8 Å². The lowest BCUT2D eigenvalue weighted by molar-refractivity contribution is -0.130. The van der Waals surface area contributed by atoms with E-state index < -0.39 is 18.3 Å². The normalized spacial score (nSPS) is 23.1. The molecular weight excluding hydrogens is 502 g/mol. The maximum Gasteiger partial charge on any atom is 0.497 e. The summed E-state index contributed by atoms with van der Waals surface area (Å²) in [7, 11) is 0.913. The van der Waals surface area contributed by atoms with E-state index in [1.807, 2.05) is 27.7 Å². The molecule has 158 valence electrons. The number of hydrogen-bond donors (Lipinski definition) is 1. The van der Waals surface area contributed by atoms with Crippen molar-refractivity contribution in [3.05, 3.63) is 11.7 Å². The first-order valence-electron chi connectivity index (χ1n) is 9.60. The number of nitrogens with one attached hydrogen (secondary N) is 1. The zero-order chi connectivity index (χ0) is 21.3. The Morgan fingerprint density at radius 3 is 2.59 bits per heavy atom. The van der Waals surface area contributed by atoms with E-state index in [-0.39, 0.29) is 5.91 Å². The van der Waals surface area contributed by atoms with Crippen LogP contribution in [0.25, 0.3) is 0 Å². The number of carbonyl (C=O) groups is 1. The number of hydrogen-bond acceptors (Lipinski definition) is 7. The zero-order valence-electron chi connectivity index (χ0n) is 17.4. The summed E-state index contributed by atoms with van der Waals surface area (Å²) in [6.45, 7) is 10.2. The molecule has 0 radical (unpaired) electrons. The summed E-state index contributed by atoms with van der Waals surface area (Å²) in [6, 6.07) is 0. The van der Waals surface area contributed by atoms with Crippen molar-refractivity contribution in [1.29, 1.82) is 0 Å². The van der Waals surface area contributed by atoms with Gasteiger partial charge >= 0.3 is 7.12 Å². The minimum absolute atomic E-state index is 0.0786. The van der Waals surface area contributed by atoms with Crippen molar-refractivity contribution in [2.45, 2.75) is 51.7 Å². The van der Waals surface area contributed by atoms with Crippen LogP contribution in [0.2, 0.25) is 0 Å². The molecule has 1 N–H and O–H groups in total. The Labute approximate surface area is 190 Å². The van der Waals surface area contributed by atoms with Crippen molar-refractivity contribution < 1.29 is 14.1 Å². The first-order chi connectivity index (χ1) is 13.8. The summed E-state index contributed by atoms with van der Waals surface area (Å²) >= 11 is 2.12. The van der Waals surface area contributed by atoms with Crippen LogP contribution < -0.4 is 5.32 Å². The predicted molar refractivity (Wildman–Crippen MR) is 129 cm³/mol. The van der Waals surface area contributed by atoms with E-state index >= 15 is 0 Å². The number of rotatable bonds is 3. The number of carbonyl (C=O) groups excluding carboxylic acids is 1. The van der Waals surface area contributed by atoms with E-state index in [1.54, 1.807) is 23.7 Å². The quantitative estimate of drug-likeness (QED) is 0.345. The van der Waals surface area contributed by atoms with E-state index in [4.69, 9.17) is 9.31 Å². The van der Waals surface area contributed by atoms with Crippen LogP contribution in [0.1, 0.15) is 40.5 Å². The smallest absolute Gasteiger partial charge is 0.399 e. The first-order valence-corrected chi connectivity index (χ1v) is 13.0. The van der Waals surface area contributed by atoms with Crippen LogP contribution in [-0.2, 0) is 14.1 Å². The highest BCUT2D eigenvalue weighted by atomic mass is 127. The molecule has 0 aromatic carbocycles. The van der Waals surface area contributed by atoms with Gasteiger partial charge < -0.3 is 19.5 Å². The molecule has 2 heterocycles. The van der Waals surface area contributed by atoms with Crippen molar-refractivity contribution in [3.63, 3.8) is 0 Å². The summed E-state index contributed by atoms with van der Waals surface area (Å²) in [5.41, 5.74) is -0.0712. The third kappa shape index (κ3) is 7.31. The highest BCUT2D eigenvalue weighted by Crippen LogP contribution is 2.38. The molecule has 0 aromatic heterocycles. The Hall–Kier alpha value is -1.03. The molecule has 7 nitrogen and oxygen atoms in total. The minimum atomic E-state index is -0.514. The molecule has 29 heavy (non-hydrogen) atoms. The monoisotopic (exact) mass is 530 g/mol. The predicted octanol–water partition coefficient (Wildman–Crippen LogP) is 2.86. The highest BCUT2D eigenvalue weighted by molar-refractivity contribution is 14.2. The Kier molecular flexibility index (Phi) is 9.52. The number of amides is 1. The lowest BCUT2D eigenvalue weighted by atomic mass is 9.79. The molecule has 0 atom stereocenters. The zero-order valence-corrected chi connectivity index (χ0v) is 20.4. The summed E-state index contributed by atoms with van der Waals surface area (Å²) in [6.07, 6.45) is 6.13. The van der Waals surface area contributed by atoms with Crippen molar-refractivity contribution in [2.75, 3.05) is 26.2 Å². The van der Waals surface area contributed by atoms with Gasteiger partial charge in [-0.25, -0.2) is 0 Å². The Morgan fingerprint density at radius 2 is 1.93 bits per heavy atom. The van der Waals surface area contributed by atoms with Crippen LogP contribution in [0.3, 0.4) is 0 Å². The second-order valence-corrected chi connectivity index (χ2v) is 9.39. The van der Waals surface area contributed by atoms with Gasteiger partial charge in [0, 0.05) is 65.0 Å². The molecule has 0 saturated carbocycles. The highest BCUT2D eigenvalue weighted by Gasteiger charge is 2.52. The van der Waals surface area contributed by atoms with E-state index in [1.165, 1.54) is 8.93 Å². The molecule has 2 aliphatic rings. The van der Waals surface area contributed by atoms with Gasteiger partial charge in [0.25, 0.3) is 0 Å². The minimum Gasteiger partial charge on any atom is -0.399 e. The topological polar surface area (TPSA) is 75.5 Å². The summed E-state index contributed by atoms with van der Waals surface area (Å²) in [4.78, 5) is 23.1. The third-order valence-corrected chi connectivity index (χ3v) is 5.99. The third-order valence-electron chi connectivity index (χ3n) is 5.11. The van der Waals surface area contributed by atoms with Crippen molar-refractivity contribution >= 4 is 55.7 Å². The average molecular weight is 530 g/mol. The van der Waals surface area contributed by atoms with E-state index in [0.29, 0.717) is 39.0 Å². The Balaban J connectivity index is 2.02. The largest absolute Gasteiger partial charge is 0.497 e. The van der Waals surface area contributed by atoms with Crippen LogP contribution in [-0.4, -0.2) is 67.9 Å². The number of nitrogens with zero attached hydrogens (tertiary/aromatic N) is 3. The van der Waals surface area contributed by atoms with Crippen LogP contribution in [0.4, 0.5) is 0 Å². The molecule has 0 aliphatic carbocycles. The lowest BCUT2D eigenvalue weighted by Crippen LogP contribution is -2.41. The molecule has 0 unspecified atom stereocenters. The van der Waals surface area contributed by atoms with Gasteiger partial charge in [0.05, 0.1) is 30.6 Å². The van der Waals surface area contributed by atoms with E-state index in [0.717, 1.165) is 5.47 Å². The van der Waals surface area contributed by atoms with E-state index in [9.17, 15) is 4.79 Å².